The van der Waals surface area contributed by atoms with E-state index in [1.807, 2.05) is 6.08 Å². The maximum absolute atomic E-state index is 13.4. The molecule has 17 atom stereocenters. The zero-order valence-corrected chi connectivity index (χ0v) is 55.4. The molecule has 0 aromatic heterocycles. The fourth-order valence-corrected chi connectivity index (χ4v) is 11.8. The van der Waals surface area contributed by atoms with Gasteiger partial charge in [0.25, 0.3) is 0 Å². The van der Waals surface area contributed by atoms with Crippen molar-refractivity contribution in [3.63, 3.8) is 0 Å². The second-order valence-corrected chi connectivity index (χ2v) is 25.3. The first-order valence-electron chi connectivity index (χ1n) is 35.5. The van der Waals surface area contributed by atoms with E-state index in [2.05, 4.69) is 67.8 Å². The molecule has 0 bridgehead atoms. The van der Waals surface area contributed by atoms with Crippen LogP contribution < -0.4 is 5.32 Å². The molecule has 90 heavy (non-hydrogen) atoms. The molecule has 0 radical (unpaired) electrons. The highest BCUT2D eigenvalue weighted by atomic mass is 16.8. The van der Waals surface area contributed by atoms with Gasteiger partial charge in [-0.1, -0.05) is 248 Å². The van der Waals surface area contributed by atoms with E-state index in [1.54, 1.807) is 6.08 Å². The molecule has 0 saturated carbocycles. The molecule has 0 spiro atoms. The zero-order valence-electron chi connectivity index (χ0n) is 55.4. The van der Waals surface area contributed by atoms with Gasteiger partial charge in [0.1, 0.15) is 73.2 Å². The van der Waals surface area contributed by atoms with Crippen LogP contribution >= 0.6 is 0 Å². The number of ether oxygens (including phenoxy) is 6. The maximum atomic E-state index is 13.4. The van der Waals surface area contributed by atoms with Crippen LogP contribution in [0.25, 0.3) is 0 Å². The molecule has 0 aromatic carbocycles. The number of hydrogen-bond acceptors (Lipinski definition) is 18. The molecule has 3 heterocycles. The molecule has 524 valence electrons. The van der Waals surface area contributed by atoms with Crippen LogP contribution in [0.2, 0.25) is 0 Å². The molecule has 3 rings (SSSR count). The fraction of sp³-hybridized carbons (Fsp3) is 0.845. The lowest BCUT2D eigenvalue weighted by molar-refractivity contribution is -0.379. The zero-order chi connectivity index (χ0) is 65.4. The highest BCUT2D eigenvalue weighted by molar-refractivity contribution is 5.76. The third-order valence-corrected chi connectivity index (χ3v) is 17.6. The Labute approximate surface area is 541 Å². The van der Waals surface area contributed by atoms with E-state index >= 15 is 0 Å². The van der Waals surface area contributed by atoms with Crippen molar-refractivity contribution in [2.45, 2.75) is 356 Å². The normalized spacial score (nSPS) is 28.4. The molecule has 3 fully saturated rings. The number of allylic oxidation sites excluding steroid dienone is 9. The molecule has 0 aromatic rings. The minimum Gasteiger partial charge on any atom is -0.394 e. The highest BCUT2D eigenvalue weighted by Crippen LogP contribution is 2.33. The van der Waals surface area contributed by atoms with Gasteiger partial charge in [0.05, 0.1) is 38.6 Å². The summed E-state index contributed by atoms with van der Waals surface area (Å²) in [6.45, 7) is 1.62. The number of carbonyl (C=O) groups is 1. The van der Waals surface area contributed by atoms with Gasteiger partial charge in [-0.3, -0.25) is 4.79 Å². The van der Waals surface area contributed by atoms with E-state index in [0.29, 0.717) is 6.42 Å². The number of nitrogens with one attached hydrogen (secondary N) is 1. The first-order chi connectivity index (χ1) is 43.8. The van der Waals surface area contributed by atoms with Gasteiger partial charge in [-0.2, -0.15) is 0 Å². The lowest BCUT2D eigenvalue weighted by atomic mass is 9.96. The fourth-order valence-electron chi connectivity index (χ4n) is 11.8. The number of rotatable bonds is 54. The van der Waals surface area contributed by atoms with Crippen LogP contribution in [0.5, 0.6) is 0 Å². The molecule has 19 nitrogen and oxygen atoms in total. The third kappa shape index (κ3) is 34.2. The van der Waals surface area contributed by atoms with E-state index in [9.17, 15) is 61.0 Å². The summed E-state index contributed by atoms with van der Waals surface area (Å²) >= 11 is 0. The van der Waals surface area contributed by atoms with Crippen LogP contribution in [-0.4, -0.2) is 193 Å². The van der Waals surface area contributed by atoms with Crippen LogP contribution in [0.15, 0.2) is 60.8 Å². The van der Waals surface area contributed by atoms with Gasteiger partial charge in [0, 0.05) is 6.42 Å². The summed E-state index contributed by atoms with van der Waals surface area (Å²) < 4.78 is 34.3. The number of amides is 1. The Balaban J connectivity index is 1.37. The average molecular weight is 1280 g/mol. The van der Waals surface area contributed by atoms with Crippen molar-refractivity contribution in [2.24, 2.45) is 0 Å². The maximum Gasteiger partial charge on any atom is 0.220 e. The van der Waals surface area contributed by atoms with Gasteiger partial charge >= 0.3 is 0 Å². The summed E-state index contributed by atoms with van der Waals surface area (Å²) in [7, 11) is 0. The van der Waals surface area contributed by atoms with Crippen molar-refractivity contribution in [3.05, 3.63) is 60.8 Å². The SMILES string of the molecule is CC/C=C\C/C=C\C/C=C\C/C=C\CCCCCCCCCCCCCCCCCCCCC(=O)NC(COC1OC(CO)C(OC2OC(CO)C(OC3OC(CO)C(O)C(O)C3O)C(O)C2O)C(O)C1O)C(O)/C=C/CCCCCCCCCCCCCC. The van der Waals surface area contributed by atoms with E-state index < -0.39 is 124 Å². The lowest BCUT2D eigenvalue weighted by Gasteiger charge is -2.48. The van der Waals surface area contributed by atoms with Crippen molar-refractivity contribution >= 4 is 5.91 Å². The number of aliphatic hydroxyl groups is 11. The first kappa shape index (κ1) is 81.7. The largest absolute Gasteiger partial charge is 0.394 e. The topological polar surface area (TPSA) is 307 Å². The standard InChI is InChI=1S/C71H127NO18/c1-3-5-7-9-11-13-15-17-19-20-21-22-23-24-25-26-27-28-29-30-31-32-33-34-35-37-39-41-43-45-47-49-59(77)72-54(55(76)48-46-44-42-40-38-36-18-16-14-12-10-8-6-4-2)53-85-69-65(83)62(80)67(57(51-74)87-69)90-71-66(84)63(81)68(58(52-75)88-71)89-70-64(82)61(79)60(78)56(50-73)86-70/h5,7,11,13,17,19,21-22,46,48,54-58,60-71,73-76,78-84H,3-4,6,8-10,12,14-16,18,20,23-45,47,49-53H2,1-2H3,(H,72,77)/b7-5-,13-11-,19-17-,22-21-,48-46+. The van der Waals surface area contributed by atoms with Crippen LogP contribution in [0, 0.1) is 0 Å². The minimum atomic E-state index is -1.98. The van der Waals surface area contributed by atoms with Crippen molar-refractivity contribution < 1.29 is 89.4 Å². The Morgan fingerprint density at radius 2 is 0.767 bits per heavy atom. The molecule has 3 aliphatic rings. The monoisotopic (exact) mass is 1280 g/mol. The quantitative estimate of drug-likeness (QED) is 0.0199. The first-order valence-corrected chi connectivity index (χ1v) is 35.5. The predicted octanol–water partition coefficient (Wildman–Crippen LogP) is 9.55. The van der Waals surface area contributed by atoms with Crippen LogP contribution in [0.3, 0.4) is 0 Å². The van der Waals surface area contributed by atoms with E-state index in [1.165, 1.54) is 154 Å². The molecule has 1 amide bonds. The molecule has 17 unspecified atom stereocenters. The molecule has 3 aliphatic heterocycles. The van der Waals surface area contributed by atoms with Crippen molar-refractivity contribution in [3.8, 4) is 0 Å². The number of carbonyl (C=O) groups excluding carboxylic acids is 1. The van der Waals surface area contributed by atoms with Crippen LogP contribution in [0.4, 0.5) is 0 Å². The van der Waals surface area contributed by atoms with E-state index in [0.717, 1.165) is 70.6 Å². The highest BCUT2D eigenvalue weighted by Gasteiger charge is 2.53. The summed E-state index contributed by atoms with van der Waals surface area (Å²) in [5.74, 6) is -0.275. The van der Waals surface area contributed by atoms with E-state index in [-0.39, 0.29) is 18.9 Å². The molecule has 0 aliphatic carbocycles. The van der Waals surface area contributed by atoms with E-state index in [4.69, 9.17) is 28.4 Å². The Kier molecular flexibility index (Phi) is 47.9. The summed E-state index contributed by atoms with van der Waals surface area (Å²) in [5.41, 5.74) is 0. The molecule has 19 heteroatoms. The molecular formula is C71H127NO18. The number of hydrogen-bond donors (Lipinski definition) is 12. The van der Waals surface area contributed by atoms with Crippen molar-refractivity contribution in [2.75, 3.05) is 26.4 Å². The Morgan fingerprint density at radius 3 is 1.20 bits per heavy atom. The summed E-state index contributed by atoms with van der Waals surface area (Å²) in [5, 5.41) is 120. The second-order valence-electron chi connectivity index (χ2n) is 25.3. The summed E-state index contributed by atoms with van der Waals surface area (Å²) in [6.07, 6.45) is 37.8. The van der Waals surface area contributed by atoms with Crippen molar-refractivity contribution in [1.82, 2.24) is 5.32 Å². The van der Waals surface area contributed by atoms with Gasteiger partial charge in [0.15, 0.2) is 18.9 Å². The Hall–Kier alpha value is -2.51. The van der Waals surface area contributed by atoms with Crippen LogP contribution in [-0.2, 0) is 33.2 Å². The summed E-state index contributed by atoms with van der Waals surface area (Å²) in [4.78, 5) is 13.4. The second kappa shape index (κ2) is 52.7. The smallest absolute Gasteiger partial charge is 0.220 e. The van der Waals surface area contributed by atoms with Crippen LogP contribution in [0.1, 0.15) is 251 Å². The molecule has 3 saturated heterocycles. The molecular weight excluding hydrogens is 1150 g/mol. The number of unbranched alkanes of at least 4 members (excludes halogenated alkanes) is 30. The average Bonchev–Trinajstić information content (AvgIpc) is 0.908. The predicted molar refractivity (Wildman–Crippen MR) is 351 cm³/mol. The minimum absolute atomic E-state index is 0.244. The Bertz CT molecular complexity index is 1870. The third-order valence-electron chi connectivity index (χ3n) is 17.6. The molecule has 12 N–H and O–H groups in total. The van der Waals surface area contributed by atoms with Crippen molar-refractivity contribution in [1.29, 1.82) is 0 Å². The van der Waals surface area contributed by atoms with Gasteiger partial charge < -0.3 is 89.9 Å². The van der Waals surface area contributed by atoms with Gasteiger partial charge in [-0.05, 0) is 57.8 Å². The van der Waals surface area contributed by atoms with Gasteiger partial charge in [0.2, 0.25) is 5.91 Å². The summed E-state index contributed by atoms with van der Waals surface area (Å²) in [6, 6.07) is -0.973. The van der Waals surface area contributed by atoms with Gasteiger partial charge in [-0.25, -0.2) is 0 Å². The lowest BCUT2D eigenvalue weighted by Crippen LogP contribution is -2.66. The Morgan fingerprint density at radius 1 is 0.411 bits per heavy atom. The number of aliphatic hydroxyl groups excluding tert-OH is 11. The van der Waals surface area contributed by atoms with Gasteiger partial charge in [-0.15, -0.1) is 0 Å².